The van der Waals surface area contributed by atoms with E-state index in [1.165, 1.54) is 0 Å². The number of halogens is 1. The average molecular weight is 313 g/mol. The van der Waals surface area contributed by atoms with Gasteiger partial charge in [0.25, 0.3) is 0 Å². The van der Waals surface area contributed by atoms with Crippen LogP contribution < -0.4 is 10.6 Å². The summed E-state index contributed by atoms with van der Waals surface area (Å²) < 4.78 is 6.27. The van der Waals surface area contributed by atoms with Gasteiger partial charge in [0.1, 0.15) is 5.60 Å². The van der Waals surface area contributed by atoms with Crippen molar-refractivity contribution < 1.29 is 9.53 Å². The van der Waals surface area contributed by atoms with Crippen molar-refractivity contribution in [2.45, 2.75) is 32.8 Å². The number of benzene rings is 1. The molecule has 5 heteroatoms. The maximum Gasteiger partial charge on any atom is 0.412 e. The highest BCUT2D eigenvalue weighted by Gasteiger charge is 2.21. The average Bonchev–Trinajstić information content (AvgIpc) is 2.69. The Morgan fingerprint density at radius 2 is 2.17 bits per heavy atom. The largest absolute Gasteiger partial charge is 0.444 e. The number of hydrogen-bond acceptors (Lipinski definition) is 3. The lowest BCUT2D eigenvalue weighted by Crippen LogP contribution is -2.27. The summed E-state index contributed by atoms with van der Waals surface area (Å²) in [6.07, 6.45) is 0.485. The van der Waals surface area contributed by atoms with Crippen molar-refractivity contribution in [3.63, 3.8) is 0 Å². The van der Waals surface area contributed by atoms with Crippen LogP contribution in [0.3, 0.4) is 0 Å². The van der Waals surface area contributed by atoms with Gasteiger partial charge in [-0.05, 0) is 55.3 Å². The minimum atomic E-state index is -0.485. The van der Waals surface area contributed by atoms with Gasteiger partial charge in [-0.2, -0.15) is 0 Å². The maximum atomic E-state index is 11.7. The summed E-state index contributed by atoms with van der Waals surface area (Å²) in [5.74, 6) is 0. The molecule has 0 saturated heterocycles. The minimum absolute atomic E-state index is 0.418. The van der Waals surface area contributed by atoms with E-state index in [9.17, 15) is 4.79 Å². The molecule has 2 N–H and O–H groups in total. The van der Waals surface area contributed by atoms with E-state index >= 15 is 0 Å². The SMILES string of the molecule is CC(C)(C)OC(=O)Nc1ccc(Br)c2c1CCN2. The lowest BCUT2D eigenvalue weighted by Gasteiger charge is -2.20. The molecule has 0 unspecified atom stereocenters. The third kappa shape index (κ3) is 2.96. The van der Waals surface area contributed by atoms with E-state index in [0.29, 0.717) is 0 Å². The lowest BCUT2D eigenvalue weighted by atomic mass is 10.1. The van der Waals surface area contributed by atoms with Crippen LogP contribution in [0.2, 0.25) is 0 Å². The van der Waals surface area contributed by atoms with Gasteiger partial charge in [0.15, 0.2) is 0 Å². The van der Waals surface area contributed by atoms with Gasteiger partial charge in [0, 0.05) is 22.3 Å². The first-order valence-electron chi connectivity index (χ1n) is 5.92. The number of amides is 1. The van der Waals surface area contributed by atoms with Crippen molar-refractivity contribution in [3.8, 4) is 0 Å². The Morgan fingerprint density at radius 1 is 1.44 bits per heavy atom. The van der Waals surface area contributed by atoms with Crippen LogP contribution in [0.4, 0.5) is 16.2 Å². The molecule has 0 fully saturated rings. The summed E-state index contributed by atoms with van der Waals surface area (Å²) in [4.78, 5) is 11.7. The van der Waals surface area contributed by atoms with Crippen LogP contribution in [0.15, 0.2) is 16.6 Å². The zero-order chi connectivity index (χ0) is 13.3. The standard InChI is InChI=1S/C13H17BrN2O2/c1-13(2,3)18-12(17)16-10-5-4-9(14)11-8(10)6-7-15-11/h4-5,15H,6-7H2,1-3H3,(H,16,17). The van der Waals surface area contributed by atoms with Crippen LogP contribution in [0.1, 0.15) is 26.3 Å². The van der Waals surface area contributed by atoms with E-state index in [4.69, 9.17) is 4.74 Å². The van der Waals surface area contributed by atoms with Crippen molar-refractivity contribution in [1.29, 1.82) is 0 Å². The Labute approximate surface area is 115 Å². The molecule has 0 aromatic heterocycles. The molecule has 1 aromatic rings. The van der Waals surface area contributed by atoms with Gasteiger partial charge in [0.2, 0.25) is 0 Å². The maximum absolute atomic E-state index is 11.7. The first kappa shape index (κ1) is 13.2. The van der Waals surface area contributed by atoms with Crippen LogP contribution in [-0.4, -0.2) is 18.2 Å². The van der Waals surface area contributed by atoms with Crippen molar-refractivity contribution in [2.24, 2.45) is 0 Å². The number of anilines is 2. The van der Waals surface area contributed by atoms with Gasteiger partial charge in [0.05, 0.1) is 5.69 Å². The predicted molar refractivity (Wildman–Crippen MR) is 76.2 cm³/mol. The van der Waals surface area contributed by atoms with Crippen molar-refractivity contribution in [2.75, 3.05) is 17.2 Å². The first-order valence-corrected chi connectivity index (χ1v) is 6.71. The van der Waals surface area contributed by atoms with Crippen LogP contribution in [0.25, 0.3) is 0 Å². The fourth-order valence-corrected chi connectivity index (χ4v) is 2.42. The van der Waals surface area contributed by atoms with E-state index in [1.807, 2.05) is 32.9 Å². The van der Waals surface area contributed by atoms with Gasteiger partial charge in [-0.25, -0.2) is 4.79 Å². The number of rotatable bonds is 1. The quantitative estimate of drug-likeness (QED) is 0.830. The Balaban J connectivity index is 2.16. The van der Waals surface area contributed by atoms with E-state index in [2.05, 4.69) is 26.6 Å². The fourth-order valence-electron chi connectivity index (χ4n) is 1.91. The van der Waals surface area contributed by atoms with Crippen molar-refractivity contribution in [1.82, 2.24) is 0 Å². The molecule has 0 saturated carbocycles. The monoisotopic (exact) mass is 312 g/mol. The number of hydrogen-bond donors (Lipinski definition) is 2. The number of nitrogens with one attached hydrogen (secondary N) is 2. The molecule has 0 radical (unpaired) electrons. The van der Waals surface area contributed by atoms with E-state index in [1.54, 1.807) is 0 Å². The highest BCUT2D eigenvalue weighted by molar-refractivity contribution is 9.10. The van der Waals surface area contributed by atoms with Crippen LogP contribution in [0, 0.1) is 0 Å². The van der Waals surface area contributed by atoms with E-state index < -0.39 is 11.7 Å². The molecule has 1 aliphatic rings. The number of ether oxygens (including phenoxy) is 1. The summed E-state index contributed by atoms with van der Waals surface area (Å²) in [5, 5.41) is 6.10. The summed E-state index contributed by atoms with van der Waals surface area (Å²) in [5.41, 5.74) is 2.51. The van der Waals surface area contributed by atoms with Gasteiger partial charge in [-0.3, -0.25) is 5.32 Å². The molecule has 0 spiro atoms. The molecular weight excluding hydrogens is 296 g/mol. The molecular formula is C13H17BrN2O2. The Morgan fingerprint density at radius 3 is 2.83 bits per heavy atom. The van der Waals surface area contributed by atoms with Crippen LogP contribution in [0.5, 0.6) is 0 Å². The third-order valence-electron chi connectivity index (χ3n) is 2.57. The second-order valence-corrected chi connectivity index (χ2v) is 6.11. The predicted octanol–water partition coefficient (Wildman–Crippen LogP) is 3.76. The highest BCUT2D eigenvalue weighted by Crippen LogP contribution is 2.36. The zero-order valence-electron chi connectivity index (χ0n) is 10.8. The highest BCUT2D eigenvalue weighted by atomic mass is 79.9. The van der Waals surface area contributed by atoms with Crippen molar-refractivity contribution in [3.05, 3.63) is 22.2 Å². The number of fused-ring (bicyclic) bond motifs is 1. The molecule has 4 nitrogen and oxygen atoms in total. The molecule has 1 aliphatic heterocycles. The topological polar surface area (TPSA) is 50.4 Å². The Hall–Kier alpha value is -1.23. The smallest absolute Gasteiger partial charge is 0.412 e. The normalized spacial score (nSPS) is 13.8. The Bertz CT molecular complexity index is 481. The molecule has 1 aromatic carbocycles. The molecule has 1 heterocycles. The summed E-state index contributed by atoms with van der Waals surface area (Å²) >= 11 is 3.49. The molecule has 0 aliphatic carbocycles. The Kier molecular flexibility index (Phi) is 3.52. The van der Waals surface area contributed by atoms with Crippen LogP contribution in [-0.2, 0) is 11.2 Å². The zero-order valence-corrected chi connectivity index (χ0v) is 12.3. The molecule has 2 rings (SSSR count). The number of carbonyl (C=O) groups is 1. The van der Waals surface area contributed by atoms with Gasteiger partial charge in [-0.1, -0.05) is 0 Å². The molecule has 0 atom stereocenters. The molecule has 18 heavy (non-hydrogen) atoms. The summed E-state index contributed by atoms with van der Waals surface area (Å²) in [6, 6.07) is 3.81. The molecule has 1 amide bonds. The lowest BCUT2D eigenvalue weighted by molar-refractivity contribution is 0.0636. The molecule has 0 bridgehead atoms. The van der Waals surface area contributed by atoms with E-state index in [-0.39, 0.29) is 0 Å². The summed E-state index contributed by atoms with van der Waals surface area (Å²) in [6.45, 7) is 6.43. The first-order chi connectivity index (χ1) is 8.37. The second kappa shape index (κ2) is 4.80. The van der Waals surface area contributed by atoms with Gasteiger partial charge in [-0.15, -0.1) is 0 Å². The van der Waals surface area contributed by atoms with Gasteiger partial charge >= 0.3 is 6.09 Å². The number of carbonyl (C=O) groups excluding carboxylic acids is 1. The van der Waals surface area contributed by atoms with Crippen molar-refractivity contribution >= 4 is 33.4 Å². The third-order valence-corrected chi connectivity index (χ3v) is 3.24. The summed E-state index contributed by atoms with van der Waals surface area (Å²) in [7, 11) is 0. The second-order valence-electron chi connectivity index (χ2n) is 5.25. The van der Waals surface area contributed by atoms with Gasteiger partial charge < -0.3 is 10.1 Å². The van der Waals surface area contributed by atoms with E-state index in [0.717, 1.165) is 34.4 Å². The fraction of sp³-hybridized carbons (Fsp3) is 0.462. The van der Waals surface area contributed by atoms with Crippen LogP contribution >= 0.6 is 15.9 Å². The minimum Gasteiger partial charge on any atom is -0.444 e. The molecule has 98 valence electrons.